The van der Waals surface area contributed by atoms with E-state index in [0.717, 1.165) is 37.8 Å². The molecular formula is C15H23NO. The van der Waals surface area contributed by atoms with Gasteiger partial charge in [-0.1, -0.05) is 26.0 Å². The Morgan fingerprint density at radius 1 is 1.29 bits per heavy atom. The van der Waals surface area contributed by atoms with Gasteiger partial charge < -0.3 is 10.1 Å². The number of nitrogens with one attached hydrogen (secondary N) is 1. The van der Waals surface area contributed by atoms with E-state index in [1.807, 2.05) is 0 Å². The average molecular weight is 233 g/mol. The summed E-state index contributed by atoms with van der Waals surface area (Å²) in [7, 11) is 0. The molecule has 2 unspecified atom stereocenters. The van der Waals surface area contributed by atoms with Gasteiger partial charge in [-0.25, -0.2) is 0 Å². The molecule has 1 fully saturated rings. The van der Waals surface area contributed by atoms with Crippen molar-refractivity contribution in [3.05, 3.63) is 29.8 Å². The highest BCUT2D eigenvalue weighted by Crippen LogP contribution is 2.29. The molecule has 2 heteroatoms. The summed E-state index contributed by atoms with van der Waals surface area (Å²) in [5, 5.41) is 3.48. The van der Waals surface area contributed by atoms with Crippen LogP contribution in [0.1, 0.15) is 38.2 Å². The molecule has 1 aromatic carbocycles. The Morgan fingerprint density at radius 2 is 2.06 bits per heavy atom. The quantitative estimate of drug-likeness (QED) is 0.862. The van der Waals surface area contributed by atoms with Crippen molar-refractivity contribution in [2.24, 2.45) is 5.92 Å². The van der Waals surface area contributed by atoms with Gasteiger partial charge in [-0.2, -0.15) is 0 Å². The third-order valence-corrected chi connectivity index (χ3v) is 3.61. The van der Waals surface area contributed by atoms with Crippen molar-refractivity contribution in [1.29, 1.82) is 0 Å². The largest absolute Gasteiger partial charge is 0.494 e. The van der Waals surface area contributed by atoms with Gasteiger partial charge in [0, 0.05) is 6.54 Å². The van der Waals surface area contributed by atoms with Crippen molar-refractivity contribution in [1.82, 2.24) is 5.32 Å². The van der Waals surface area contributed by atoms with Gasteiger partial charge in [0.25, 0.3) is 0 Å². The van der Waals surface area contributed by atoms with Crippen LogP contribution in [0.25, 0.3) is 0 Å². The number of hydrogen-bond acceptors (Lipinski definition) is 2. The van der Waals surface area contributed by atoms with Crippen molar-refractivity contribution >= 4 is 0 Å². The van der Waals surface area contributed by atoms with Crippen LogP contribution in [0.3, 0.4) is 0 Å². The molecule has 2 atom stereocenters. The van der Waals surface area contributed by atoms with Crippen LogP contribution in [0.15, 0.2) is 24.3 Å². The Labute approximate surface area is 104 Å². The van der Waals surface area contributed by atoms with Crippen LogP contribution in [0.2, 0.25) is 0 Å². The maximum absolute atomic E-state index is 5.61. The molecule has 1 heterocycles. The molecule has 17 heavy (non-hydrogen) atoms. The topological polar surface area (TPSA) is 21.3 Å². The second kappa shape index (κ2) is 6.06. The number of benzene rings is 1. The van der Waals surface area contributed by atoms with Gasteiger partial charge in [-0.3, -0.25) is 0 Å². The Morgan fingerprint density at radius 3 is 2.71 bits per heavy atom. The van der Waals surface area contributed by atoms with Gasteiger partial charge in [0.15, 0.2) is 0 Å². The summed E-state index contributed by atoms with van der Waals surface area (Å²) in [5.41, 5.74) is 1.44. The Hall–Kier alpha value is -1.02. The van der Waals surface area contributed by atoms with E-state index in [0.29, 0.717) is 5.92 Å². The highest BCUT2D eigenvalue weighted by Gasteiger charge is 2.22. The molecule has 1 aliphatic rings. The number of ether oxygens (including phenoxy) is 1. The SMILES string of the molecule is CCCOc1ccc(C2CNCCC2C)cc1. The van der Waals surface area contributed by atoms with Crippen LogP contribution in [0.4, 0.5) is 0 Å². The maximum Gasteiger partial charge on any atom is 0.119 e. The zero-order valence-corrected chi connectivity index (χ0v) is 10.9. The predicted octanol–water partition coefficient (Wildman–Crippen LogP) is 3.19. The molecule has 1 saturated heterocycles. The van der Waals surface area contributed by atoms with E-state index >= 15 is 0 Å². The summed E-state index contributed by atoms with van der Waals surface area (Å²) in [6.07, 6.45) is 2.34. The molecule has 0 aliphatic carbocycles. The summed E-state index contributed by atoms with van der Waals surface area (Å²) in [6.45, 7) is 7.56. The highest BCUT2D eigenvalue weighted by atomic mass is 16.5. The molecule has 2 rings (SSSR count). The number of rotatable bonds is 4. The van der Waals surface area contributed by atoms with Crippen molar-refractivity contribution in [2.45, 2.75) is 32.6 Å². The van der Waals surface area contributed by atoms with Crippen LogP contribution in [-0.4, -0.2) is 19.7 Å². The van der Waals surface area contributed by atoms with Gasteiger partial charge in [-0.05, 0) is 48.9 Å². The summed E-state index contributed by atoms with van der Waals surface area (Å²) in [5.74, 6) is 2.43. The molecule has 2 nitrogen and oxygen atoms in total. The molecule has 1 N–H and O–H groups in total. The minimum atomic E-state index is 0.656. The fraction of sp³-hybridized carbons (Fsp3) is 0.600. The van der Waals surface area contributed by atoms with Gasteiger partial charge in [-0.15, -0.1) is 0 Å². The normalized spacial score (nSPS) is 24.6. The van der Waals surface area contributed by atoms with E-state index in [2.05, 4.69) is 43.4 Å². The minimum Gasteiger partial charge on any atom is -0.494 e. The molecule has 0 spiro atoms. The summed E-state index contributed by atoms with van der Waals surface area (Å²) < 4.78 is 5.61. The van der Waals surface area contributed by atoms with Crippen LogP contribution in [0, 0.1) is 5.92 Å². The summed E-state index contributed by atoms with van der Waals surface area (Å²) in [6, 6.07) is 8.65. The first kappa shape index (κ1) is 12.4. The maximum atomic E-state index is 5.61. The number of piperidine rings is 1. The van der Waals surface area contributed by atoms with Crippen molar-refractivity contribution < 1.29 is 4.74 Å². The molecule has 1 aromatic rings. The molecule has 94 valence electrons. The lowest BCUT2D eigenvalue weighted by Gasteiger charge is -2.30. The van der Waals surface area contributed by atoms with E-state index in [1.54, 1.807) is 0 Å². The van der Waals surface area contributed by atoms with E-state index in [1.165, 1.54) is 12.0 Å². The average Bonchev–Trinajstić information content (AvgIpc) is 2.38. The minimum absolute atomic E-state index is 0.656. The highest BCUT2D eigenvalue weighted by molar-refractivity contribution is 5.30. The van der Waals surface area contributed by atoms with Crippen LogP contribution >= 0.6 is 0 Å². The third kappa shape index (κ3) is 3.22. The summed E-state index contributed by atoms with van der Waals surface area (Å²) >= 11 is 0. The fourth-order valence-corrected chi connectivity index (χ4v) is 2.47. The molecule has 0 bridgehead atoms. The lowest BCUT2D eigenvalue weighted by molar-refractivity contribution is 0.316. The predicted molar refractivity (Wildman–Crippen MR) is 71.6 cm³/mol. The monoisotopic (exact) mass is 233 g/mol. The van der Waals surface area contributed by atoms with E-state index in [4.69, 9.17) is 4.74 Å². The Bertz CT molecular complexity index is 333. The van der Waals surface area contributed by atoms with Crippen molar-refractivity contribution in [3.63, 3.8) is 0 Å². The smallest absolute Gasteiger partial charge is 0.119 e. The Balaban J connectivity index is 2.01. The van der Waals surface area contributed by atoms with Gasteiger partial charge >= 0.3 is 0 Å². The number of hydrogen-bond donors (Lipinski definition) is 1. The zero-order chi connectivity index (χ0) is 12.1. The molecule has 0 saturated carbocycles. The second-order valence-corrected chi connectivity index (χ2v) is 4.99. The third-order valence-electron chi connectivity index (χ3n) is 3.61. The molecule has 0 radical (unpaired) electrons. The molecule has 0 aromatic heterocycles. The lowest BCUT2D eigenvalue weighted by atomic mass is 9.83. The van der Waals surface area contributed by atoms with Crippen molar-refractivity contribution in [3.8, 4) is 5.75 Å². The van der Waals surface area contributed by atoms with E-state index in [-0.39, 0.29) is 0 Å². The zero-order valence-electron chi connectivity index (χ0n) is 10.9. The summed E-state index contributed by atoms with van der Waals surface area (Å²) in [4.78, 5) is 0. The molecular weight excluding hydrogens is 210 g/mol. The van der Waals surface area contributed by atoms with Crippen LogP contribution in [-0.2, 0) is 0 Å². The van der Waals surface area contributed by atoms with E-state index < -0.39 is 0 Å². The first-order chi connectivity index (χ1) is 8.31. The standard InChI is InChI=1S/C15H23NO/c1-3-10-17-14-6-4-13(5-7-14)15-11-16-9-8-12(15)2/h4-7,12,15-16H,3,8-11H2,1-2H3. The Kier molecular flexibility index (Phi) is 4.43. The van der Waals surface area contributed by atoms with Gasteiger partial charge in [0.1, 0.15) is 5.75 Å². The van der Waals surface area contributed by atoms with E-state index in [9.17, 15) is 0 Å². The van der Waals surface area contributed by atoms with Crippen LogP contribution in [0.5, 0.6) is 5.75 Å². The molecule has 0 amide bonds. The van der Waals surface area contributed by atoms with Crippen LogP contribution < -0.4 is 10.1 Å². The van der Waals surface area contributed by atoms with Gasteiger partial charge in [0.05, 0.1) is 6.61 Å². The van der Waals surface area contributed by atoms with Gasteiger partial charge in [0.2, 0.25) is 0 Å². The second-order valence-electron chi connectivity index (χ2n) is 4.99. The lowest BCUT2D eigenvalue weighted by Crippen LogP contribution is -2.33. The van der Waals surface area contributed by atoms with Crippen molar-refractivity contribution in [2.75, 3.05) is 19.7 Å². The molecule has 1 aliphatic heterocycles. The first-order valence-electron chi connectivity index (χ1n) is 6.74. The fourth-order valence-electron chi connectivity index (χ4n) is 2.47. The first-order valence-corrected chi connectivity index (χ1v) is 6.74.